The van der Waals surface area contributed by atoms with Crippen LogP contribution in [-0.4, -0.2) is 23.2 Å². The van der Waals surface area contributed by atoms with Gasteiger partial charge < -0.3 is 10.4 Å². The second-order valence-corrected chi connectivity index (χ2v) is 8.80. The highest BCUT2D eigenvalue weighted by Gasteiger charge is 2.51. The third kappa shape index (κ3) is 2.99. The zero-order chi connectivity index (χ0) is 15.2. The molecule has 120 valence electrons. The zero-order valence-electron chi connectivity index (χ0n) is 13.8. The Hall–Kier alpha value is -0.570. The fourth-order valence-corrected chi connectivity index (χ4v) is 5.28. The Kier molecular flexibility index (Phi) is 4.06. The number of rotatable bonds is 3. The number of carboxylic acid groups (broad SMARTS) is 1. The SMILES string of the molecule is CC(C)(C)C1CCC(NC2C3CCC(C3)C2C(=O)O)CC1. The van der Waals surface area contributed by atoms with Crippen molar-refractivity contribution in [1.82, 2.24) is 5.32 Å². The summed E-state index contributed by atoms with van der Waals surface area (Å²) in [6, 6.07) is 0.798. The number of fused-ring (bicyclic) bond motifs is 2. The summed E-state index contributed by atoms with van der Waals surface area (Å²) in [5, 5.41) is 13.3. The van der Waals surface area contributed by atoms with Crippen LogP contribution in [0.1, 0.15) is 65.7 Å². The Morgan fingerprint density at radius 2 is 1.62 bits per heavy atom. The molecule has 21 heavy (non-hydrogen) atoms. The molecule has 0 aliphatic heterocycles. The van der Waals surface area contributed by atoms with Crippen LogP contribution < -0.4 is 5.32 Å². The summed E-state index contributed by atoms with van der Waals surface area (Å²) in [7, 11) is 0. The Labute approximate surface area is 128 Å². The van der Waals surface area contributed by atoms with Gasteiger partial charge in [0.2, 0.25) is 0 Å². The van der Waals surface area contributed by atoms with Crippen molar-refractivity contribution < 1.29 is 9.90 Å². The molecule has 0 radical (unpaired) electrons. The number of carbonyl (C=O) groups is 1. The van der Waals surface area contributed by atoms with Gasteiger partial charge >= 0.3 is 5.97 Å². The lowest BCUT2D eigenvalue weighted by Gasteiger charge is -2.40. The number of carboxylic acids is 1. The summed E-state index contributed by atoms with van der Waals surface area (Å²) >= 11 is 0. The first-order valence-electron chi connectivity index (χ1n) is 8.85. The lowest BCUT2D eigenvalue weighted by molar-refractivity contribution is -0.144. The topological polar surface area (TPSA) is 49.3 Å². The minimum Gasteiger partial charge on any atom is -0.481 e. The van der Waals surface area contributed by atoms with Crippen LogP contribution in [0.4, 0.5) is 0 Å². The Morgan fingerprint density at radius 1 is 1.00 bits per heavy atom. The molecule has 3 aliphatic carbocycles. The van der Waals surface area contributed by atoms with Crippen LogP contribution in [0.15, 0.2) is 0 Å². The van der Waals surface area contributed by atoms with E-state index in [-0.39, 0.29) is 12.0 Å². The maximum absolute atomic E-state index is 11.6. The lowest BCUT2D eigenvalue weighted by Crippen LogP contribution is -2.49. The summed E-state index contributed by atoms with van der Waals surface area (Å²) in [5.41, 5.74) is 0.418. The van der Waals surface area contributed by atoms with Crippen molar-refractivity contribution in [2.24, 2.45) is 29.1 Å². The molecule has 0 aromatic heterocycles. The minimum absolute atomic E-state index is 0.121. The number of nitrogens with one attached hydrogen (secondary N) is 1. The van der Waals surface area contributed by atoms with E-state index in [0.717, 1.165) is 18.8 Å². The van der Waals surface area contributed by atoms with Gasteiger partial charge in [0.1, 0.15) is 0 Å². The van der Waals surface area contributed by atoms with E-state index in [4.69, 9.17) is 0 Å². The van der Waals surface area contributed by atoms with Crippen LogP contribution in [0.3, 0.4) is 0 Å². The fourth-order valence-electron chi connectivity index (χ4n) is 5.28. The molecule has 3 heteroatoms. The molecule has 2 N–H and O–H groups in total. The van der Waals surface area contributed by atoms with Crippen LogP contribution >= 0.6 is 0 Å². The molecular weight excluding hydrogens is 262 g/mol. The van der Waals surface area contributed by atoms with Crippen molar-refractivity contribution in [2.75, 3.05) is 0 Å². The van der Waals surface area contributed by atoms with Crippen molar-refractivity contribution >= 4 is 5.97 Å². The van der Waals surface area contributed by atoms with Crippen LogP contribution in [0.25, 0.3) is 0 Å². The molecule has 3 fully saturated rings. The molecule has 4 atom stereocenters. The minimum atomic E-state index is -0.567. The Balaban J connectivity index is 1.57. The smallest absolute Gasteiger partial charge is 0.308 e. The van der Waals surface area contributed by atoms with Gasteiger partial charge in [-0.2, -0.15) is 0 Å². The molecule has 0 heterocycles. The van der Waals surface area contributed by atoms with Crippen molar-refractivity contribution in [2.45, 2.75) is 77.8 Å². The largest absolute Gasteiger partial charge is 0.481 e. The monoisotopic (exact) mass is 293 g/mol. The van der Waals surface area contributed by atoms with Crippen molar-refractivity contribution in [1.29, 1.82) is 0 Å². The van der Waals surface area contributed by atoms with E-state index in [1.165, 1.54) is 32.1 Å². The highest BCUT2D eigenvalue weighted by atomic mass is 16.4. The molecule has 3 saturated carbocycles. The third-order valence-corrected chi connectivity index (χ3v) is 6.58. The fraction of sp³-hybridized carbons (Fsp3) is 0.944. The molecule has 4 unspecified atom stereocenters. The molecule has 0 amide bonds. The van der Waals surface area contributed by atoms with Crippen LogP contribution in [0, 0.1) is 29.1 Å². The standard InChI is InChI=1S/C18H31NO2/c1-18(2,3)13-6-8-14(9-7-13)19-16-12-5-4-11(10-12)15(16)17(20)21/h11-16,19H,4-10H2,1-3H3,(H,20,21). The molecule has 3 nitrogen and oxygen atoms in total. The molecule has 0 saturated heterocycles. The average Bonchev–Trinajstić information content (AvgIpc) is 2.98. The van der Waals surface area contributed by atoms with Crippen molar-refractivity contribution in [3.05, 3.63) is 0 Å². The van der Waals surface area contributed by atoms with Gasteiger partial charge in [-0.15, -0.1) is 0 Å². The molecule has 3 rings (SSSR count). The van der Waals surface area contributed by atoms with Gasteiger partial charge in [0.15, 0.2) is 0 Å². The average molecular weight is 293 g/mol. The van der Waals surface area contributed by atoms with Gasteiger partial charge in [-0.3, -0.25) is 4.79 Å². The van der Waals surface area contributed by atoms with E-state index in [2.05, 4.69) is 26.1 Å². The summed E-state index contributed by atoms with van der Waals surface area (Å²) in [5.74, 6) is 1.20. The number of hydrogen-bond donors (Lipinski definition) is 2. The first-order chi connectivity index (χ1) is 9.86. The van der Waals surface area contributed by atoms with E-state index >= 15 is 0 Å². The van der Waals surface area contributed by atoms with Gasteiger partial charge in [-0.1, -0.05) is 20.8 Å². The Bertz CT molecular complexity index is 393. The van der Waals surface area contributed by atoms with Gasteiger partial charge in [0.25, 0.3) is 0 Å². The van der Waals surface area contributed by atoms with E-state index in [9.17, 15) is 9.90 Å². The Morgan fingerprint density at radius 3 is 2.19 bits per heavy atom. The highest BCUT2D eigenvalue weighted by molar-refractivity contribution is 5.72. The second kappa shape index (κ2) is 5.57. The maximum Gasteiger partial charge on any atom is 0.308 e. The predicted octanol–water partition coefficient (Wildman–Crippen LogP) is 3.68. The maximum atomic E-state index is 11.6. The van der Waals surface area contributed by atoms with Gasteiger partial charge in [0.05, 0.1) is 5.92 Å². The molecule has 3 aliphatic rings. The quantitative estimate of drug-likeness (QED) is 0.834. The lowest BCUT2D eigenvalue weighted by atomic mass is 9.71. The van der Waals surface area contributed by atoms with Gasteiger partial charge in [-0.05, 0) is 68.1 Å². The predicted molar refractivity (Wildman–Crippen MR) is 84.1 cm³/mol. The first kappa shape index (κ1) is 15.3. The number of hydrogen-bond acceptors (Lipinski definition) is 2. The molecule has 0 aromatic rings. The zero-order valence-corrected chi connectivity index (χ0v) is 13.8. The van der Waals surface area contributed by atoms with E-state index < -0.39 is 5.97 Å². The first-order valence-corrected chi connectivity index (χ1v) is 8.85. The summed E-state index contributed by atoms with van der Waals surface area (Å²) in [4.78, 5) is 11.6. The van der Waals surface area contributed by atoms with Crippen LogP contribution in [0.5, 0.6) is 0 Å². The summed E-state index contributed by atoms with van der Waals surface area (Å²) in [6.07, 6.45) is 8.55. The van der Waals surface area contributed by atoms with Crippen LogP contribution in [0.2, 0.25) is 0 Å². The second-order valence-electron chi connectivity index (χ2n) is 8.80. The highest BCUT2D eigenvalue weighted by Crippen LogP contribution is 2.49. The summed E-state index contributed by atoms with van der Waals surface area (Å²) in [6.45, 7) is 7.05. The molecule has 2 bridgehead atoms. The summed E-state index contributed by atoms with van der Waals surface area (Å²) < 4.78 is 0. The normalized spacial score (nSPS) is 43.2. The molecular formula is C18H31NO2. The molecule has 0 aromatic carbocycles. The van der Waals surface area contributed by atoms with Crippen molar-refractivity contribution in [3.8, 4) is 0 Å². The van der Waals surface area contributed by atoms with Gasteiger partial charge in [0, 0.05) is 12.1 Å². The van der Waals surface area contributed by atoms with E-state index in [1.54, 1.807) is 0 Å². The van der Waals surface area contributed by atoms with Gasteiger partial charge in [-0.25, -0.2) is 0 Å². The van der Waals surface area contributed by atoms with E-state index in [1.807, 2.05) is 0 Å². The van der Waals surface area contributed by atoms with E-state index in [0.29, 0.717) is 23.3 Å². The number of aliphatic carboxylic acids is 1. The van der Waals surface area contributed by atoms with Crippen LogP contribution in [-0.2, 0) is 4.79 Å². The molecule has 0 spiro atoms. The van der Waals surface area contributed by atoms with Crippen molar-refractivity contribution in [3.63, 3.8) is 0 Å². The third-order valence-electron chi connectivity index (χ3n) is 6.58.